The molecule has 0 aliphatic rings. The van der Waals surface area contributed by atoms with Crippen molar-refractivity contribution < 1.29 is 26.6 Å². The molecule has 5 nitrogen and oxygen atoms in total. The molecule has 0 atom stereocenters. The molecule has 3 aromatic carbocycles. The minimum atomic E-state index is -0.376. The van der Waals surface area contributed by atoms with Crippen LogP contribution in [0.2, 0.25) is 0 Å². The van der Waals surface area contributed by atoms with E-state index in [0.29, 0.717) is 6.61 Å². The van der Waals surface area contributed by atoms with Crippen molar-refractivity contribution in [1.82, 2.24) is 0 Å². The van der Waals surface area contributed by atoms with Gasteiger partial charge in [-0.15, -0.1) is 0 Å². The Labute approximate surface area is 175 Å². The van der Waals surface area contributed by atoms with E-state index in [1.807, 2.05) is 25.2 Å². The predicted molar refractivity (Wildman–Crippen MR) is 111 cm³/mol. The first-order valence-electron chi connectivity index (χ1n) is 9.32. The lowest BCUT2D eigenvalue weighted by Gasteiger charge is -2.11. The first-order valence-corrected chi connectivity index (χ1v) is 9.32. The summed E-state index contributed by atoms with van der Waals surface area (Å²) in [7, 11) is 2.03. The SMILES string of the molecule is CCCOc1ccc2c(c1)c(-c1ccc([N+](=O)[O-])cc1)[n+](C)c1ccccc21.[Cl-]. The van der Waals surface area contributed by atoms with E-state index in [0.717, 1.165) is 45.1 Å². The van der Waals surface area contributed by atoms with E-state index >= 15 is 0 Å². The van der Waals surface area contributed by atoms with E-state index in [2.05, 4.69) is 35.8 Å². The summed E-state index contributed by atoms with van der Waals surface area (Å²) in [6.07, 6.45) is 0.943. The van der Waals surface area contributed by atoms with Crippen molar-refractivity contribution in [2.75, 3.05) is 6.61 Å². The van der Waals surface area contributed by atoms with E-state index in [-0.39, 0.29) is 23.0 Å². The number of aromatic nitrogens is 1. The quantitative estimate of drug-likeness (QED) is 0.220. The third kappa shape index (κ3) is 3.74. The number of nitro benzene ring substituents is 1. The summed E-state index contributed by atoms with van der Waals surface area (Å²) in [4.78, 5) is 10.7. The van der Waals surface area contributed by atoms with Crippen LogP contribution in [0.1, 0.15) is 13.3 Å². The lowest BCUT2D eigenvalue weighted by molar-refractivity contribution is -0.632. The highest BCUT2D eigenvalue weighted by molar-refractivity contribution is 6.09. The molecule has 0 N–H and O–H groups in total. The van der Waals surface area contributed by atoms with Crippen LogP contribution < -0.4 is 21.7 Å². The first kappa shape index (κ1) is 20.6. The summed E-state index contributed by atoms with van der Waals surface area (Å²) >= 11 is 0. The summed E-state index contributed by atoms with van der Waals surface area (Å²) in [5.74, 6) is 0.827. The second kappa shape index (κ2) is 8.45. The molecule has 0 saturated heterocycles. The van der Waals surface area contributed by atoms with Gasteiger partial charge < -0.3 is 17.1 Å². The molecular weight excluding hydrogens is 388 g/mol. The van der Waals surface area contributed by atoms with Crippen molar-refractivity contribution in [3.05, 3.63) is 76.8 Å². The molecule has 0 saturated carbocycles. The molecule has 0 fully saturated rings. The lowest BCUT2D eigenvalue weighted by Crippen LogP contribution is -3.00. The van der Waals surface area contributed by atoms with Gasteiger partial charge in [-0.1, -0.05) is 19.1 Å². The number of non-ortho nitro benzene ring substituents is 1. The second-order valence-electron chi connectivity index (χ2n) is 6.78. The summed E-state index contributed by atoms with van der Waals surface area (Å²) in [5.41, 5.74) is 3.12. The van der Waals surface area contributed by atoms with Gasteiger partial charge >= 0.3 is 0 Å². The zero-order valence-electron chi connectivity index (χ0n) is 16.3. The van der Waals surface area contributed by atoms with Crippen LogP contribution in [0.5, 0.6) is 5.75 Å². The number of hydrogen-bond donors (Lipinski definition) is 0. The number of fused-ring (bicyclic) bond motifs is 3. The molecule has 0 radical (unpaired) electrons. The average molecular weight is 409 g/mol. The van der Waals surface area contributed by atoms with E-state index in [4.69, 9.17) is 4.74 Å². The minimum Gasteiger partial charge on any atom is -1.00 e. The van der Waals surface area contributed by atoms with Gasteiger partial charge in [-0.2, -0.15) is 4.57 Å². The van der Waals surface area contributed by atoms with E-state index in [9.17, 15) is 10.1 Å². The molecular formula is C23H21ClN2O3. The van der Waals surface area contributed by atoms with Gasteiger partial charge in [-0.05, 0) is 42.8 Å². The molecule has 6 heteroatoms. The standard InChI is InChI=1S/C23H21N2O3.ClH/c1-3-14-28-18-12-13-19-20-6-4-5-7-22(20)24(2)23(21(19)15-18)16-8-10-17(11-9-16)25(26)27;/h4-13,15H,3,14H2,1-2H3;1H/q+1;/p-1. The van der Waals surface area contributed by atoms with Crippen molar-refractivity contribution in [2.45, 2.75) is 13.3 Å². The molecule has 1 heterocycles. The van der Waals surface area contributed by atoms with E-state index in [1.54, 1.807) is 24.3 Å². The molecule has 0 aliphatic heterocycles. The van der Waals surface area contributed by atoms with Crippen molar-refractivity contribution in [3.8, 4) is 17.0 Å². The molecule has 148 valence electrons. The Bertz CT molecular complexity index is 1190. The highest BCUT2D eigenvalue weighted by atomic mass is 35.5. The summed E-state index contributed by atoms with van der Waals surface area (Å²) in [5, 5.41) is 14.4. The number of halogens is 1. The predicted octanol–water partition coefficient (Wildman–Crippen LogP) is 2.19. The number of benzene rings is 3. The van der Waals surface area contributed by atoms with Crippen molar-refractivity contribution in [3.63, 3.8) is 0 Å². The lowest BCUT2D eigenvalue weighted by atomic mass is 9.99. The number of hydrogen-bond acceptors (Lipinski definition) is 3. The van der Waals surface area contributed by atoms with Crippen LogP contribution in [0.15, 0.2) is 66.7 Å². The molecule has 4 aromatic rings. The van der Waals surface area contributed by atoms with Gasteiger partial charge in [0.2, 0.25) is 11.2 Å². The average Bonchev–Trinajstić information content (AvgIpc) is 2.72. The van der Waals surface area contributed by atoms with Crippen LogP contribution >= 0.6 is 0 Å². The molecule has 0 unspecified atom stereocenters. The molecule has 1 aromatic heterocycles. The summed E-state index contributed by atoms with van der Waals surface area (Å²) in [6.45, 7) is 2.74. The number of rotatable bonds is 5. The second-order valence-corrected chi connectivity index (χ2v) is 6.78. The zero-order valence-corrected chi connectivity index (χ0v) is 17.0. The Morgan fingerprint density at radius 1 is 0.966 bits per heavy atom. The van der Waals surface area contributed by atoms with Gasteiger partial charge in [-0.3, -0.25) is 10.1 Å². The Hall–Kier alpha value is -3.18. The zero-order chi connectivity index (χ0) is 19.7. The van der Waals surface area contributed by atoms with E-state index < -0.39 is 0 Å². The van der Waals surface area contributed by atoms with Crippen LogP contribution in [-0.4, -0.2) is 11.5 Å². The maximum Gasteiger partial charge on any atom is 0.269 e. The monoisotopic (exact) mass is 408 g/mol. The van der Waals surface area contributed by atoms with Crippen molar-refractivity contribution in [2.24, 2.45) is 7.05 Å². The third-order valence-corrected chi connectivity index (χ3v) is 4.96. The molecule has 0 amide bonds. The van der Waals surface area contributed by atoms with Gasteiger partial charge in [0.05, 0.1) is 22.3 Å². The maximum absolute atomic E-state index is 11.0. The molecule has 0 bridgehead atoms. The molecule has 0 aliphatic carbocycles. The van der Waals surface area contributed by atoms with Gasteiger partial charge in [0.15, 0.2) is 0 Å². The maximum atomic E-state index is 11.0. The fraction of sp³-hybridized carbons (Fsp3) is 0.174. The Balaban J connectivity index is 0.00000240. The summed E-state index contributed by atoms with van der Waals surface area (Å²) in [6, 6.07) is 21.1. The fourth-order valence-electron chi connectivity index (χ4n) is 3.65. The number of nitro groups is 1. The van der Waals surface area contributed by atoms with Crippen LogP contribution in [0.4, 0.5) is 5.69 Å². The number of aryl methyl sites for hydroxylation is 1. The smallest absolute Gasteiger partial charge is 0.269 e. The summed E-state index contributed by atoms with van der Waals surface area (Å²) < 4.78 is 8.00. The molecule has 0 spiro atoms. The number of para-hydroxylation sites is 1. The molecule has 4 rings (SSSR count). The van der Waals surface area contributed by atoms with Crippen LogP contribution in [0.3, 0.4) is 0 Å². The Kier molecular flexibility index (Phi) is 5.99. The van der Waals surface area contributed by atoms with Gasteiger partial charge in [0.25, 0.3) is 5.69 Å². The largest absolute Gasteiger partial charge is 1.00 e. The Morgan fingerprint density at radius 3 is 2.38 bits per heavy atom. The number of nitrogens with zero attached hydrogens (tertiary/aromatic N) is 2. The minimum absolute atomic E-state index is 0. The molecule has 29 heavy (non-hydrogen) atoms. The van der Waals surface area contributed by atoms with Gasteiger partial charge in [-0.25, -0.2) is 0 Å². The van der Waals surface area contributed by atoms with Crippen molar-refractivity contribution >= 4 is 27.4 Å². The third-order valence-electron chi connectivity index (χ3n) is 4.96. The number of pyridine rings is 1. The Morgan fingerprint density at radius 2 is 1.69 bits per heavy atom. The number of ether oxygens (including phenoxy) is 1. The highest BCUT2D eigenvalue weighted by Crippen LogP contribution is 2.34. The topological polar surface area (TPSA) is 56.3 Å². The van der Waals surface area contributed by atoms with Gasteiger partial charge in [0.1, 0.15) is 12.8 Å². The van der Waals surface area contributed by atoms with Crippen LogP contribution in [0, 0.1) is 10.1 Å². The normalized spacial score (nSPS) is 10.7. The highest BCUT2D eigenvalue weighted by Gasteiger charge is 2.21. The van der Waals surface area contributed by atoms with Crippen LogP contribution in [-0.2, 0) is 7.05 Å². The van der Waals surface area contributed by atoms with Crippen LogP contribution in [0.25, 0.3) is 32.9 Å². The van der Waals surface area contributed by atoms with E-state index in [1.165, 1.54) is 0 Å². The first-order chi connectivity index (χ1) is 13.6. The van der Waals surface area contributed by atoms with Crippen molar-refractivity contribution in [1.29, 1.82) is 0 Å². The fourth-order valence-corrected chi connectivity index (χ4v) is 3.65. The van der Waals surface area contributed by atoms with Gasteiger partial charge in [0, 0.05) is 29.1 Å².